The zero-order valence-electron chi connectivity index (χ0n) is 11.0. The Morgan fingerprint density at radius 3 is 2.68 bits per heavy atom. The molecule has 2 aromatic rings. The van der Waals surface area contributed by atoms with Crippen LogP contribution in [-0.4, -0.2) is 18.1 Å². The van der Waals surface area contributed by atoms with Gasteiger partial charge in [0.05, 0.1) is 13.7 Å². The highest BCUT2D eigenvalue weighted by Gasteiger charge is 2.12. The lowest BCUT2D eigenvalue weighted by Gasteiger charge is -2.08. The third-order valence-electron chi connectivity index (χ3n) is 2.57. The minimum atomic E-state index is 0.434. The Morgan fingerprint density at radius 1 is 1.32 bits per heavy atom. The van der Waals surface area contributed by atoms with E-state index in [1.165, 1.54) is 11.5 Å². The number of ether oxygens (including phenoxy) is 2. The zero-order valence-corrected chi connectivity index (χ0v) is 11.8. The predicted molar refractivity (Wildman–Crippen MR) is 78.0 cm³/mol. The van der Waals surface area contributed by atoms with Gasteiger partial charge >= 0.3 is 0 Å². The smallest absolute Gasteiger partial charge is 0.197 e. The van der Waals surface area contributed by atoms with Gasteiger partial charge in [0.2, 0.25) is 0 Å². The molecule has 3 N–H and O–H groups in total. The van der Waals surface area contributed by atoms with Crippen molar-refractivity contribution < 1.29 is 9.47 Å². The molecule has 0 spiro atoms. The number of methoxy groups -OCH3 is 1. The Morgan fingerprint density at radius 2 is 2.05 bits per heavy atom. The van der Waals surface area contributed by atoms with Gasteiger partial charge in [0.25, 0.3) is 0 Å². The van der Waals surface area contributed by atoms with Crippen LogP contribution in [0.15, 0.2) is 24.3 Å². The third-order valence-corrected chi connectivity index (χ3v) is 3.38. The second kappa shape index (κ2) is 6.29. The number of hydrogen-bond donors (Lipinski definition) is 2. The van der Waals surface area contributed by atoms with Crippen LogP contribution in [0.5, 0.6) is 11.5 Å². The molecule has 0 unspecified atom stereocenters. The number of rotatable bonds is 6. The molecule has 0 aliphatic rings. The van der Waals surface area contributed by atoms with Gasteiger partial charge in [-0.2, -0.15) is 4.37 Å². The van der Waals surface area contributed by atoms with Crippen LogP contribution >= 0.6 is 11.5 Å². The first-order valence-electron chi connectivity index (χ1n) is 5.99. The van der Waals surface area contributed by atoms with E-state index in [9.17, 15) is 0 Å². The second-order valence-corrected chi connectivity index (χ2v) is 4.63. The van der Waals surface area contributed by atoms with Gasteiger partial charge in [-0.25, -0.2) is 0 Å². The Hall–Kier alpha value is -1.95. The first kappa shape index (κ1) is 13.5. The standard InChI is InChI=1S/C13H17N3O2S/c1-3-18-11-12(14)16-19-13(11)15-8-9-4-6-10(17-2)7-5-9/h4-7,15H,3,8H2,1-2H3,(H2,14,16). The summed E-state index contributed by atoms with van der Waals surface area (Å²) in [5, 5.41) is 4.14. The lowest BCUT2D eigenvalue weighted by molar-refractivity contribution is 0.344. The molecule has 0 atom stereocenters. The molecule has 0 saturated heterocycles. The molecule has 0 radical (unpaired) electrons. The molecule has 1 heterocycles. The fourth-order valence-corrected chi connectivity index (χ4v) is 2.27. The lowest BCUT2D eigenvalue weighted by atomic mass is 10.2. The normalized spacial score (nSPS) is 10.2. The fourth-order valence-electron chi connectivity index (χ4n) is 1.62. The highest BCUT2D eigenvalue weighted by molar-refractivity contribution is 7.11. The molecule has 0 bridgehead atoms. The van der Waals surface area contributed by atoms with E-state index in [0.29, 0.717) is 24.7 Å². The molecule has 5 nitrogen and oxygen atoms in total. The second-order valence-electron chi connectivity index (χ2n) is 3.86. The van der Waals surface area contributed by atoms with E-state index in [1.54, 1.807) is 7.11 Å². The number of nitrogen functional groups attached to an aromatic ring is 1. The third kappa shape index (κ3) is 3.29. The van der Waals surface area contributed by atoms with E-state index in [2.05, 4.69) is 9.69 Å². The number of nitrogens with zero attached hydrogens (tertiary/aromatic N) is 1. The minimum Gasteiger partial charge on any atom is -0.497 e. The van der Waals surface area contributed by atoms with Gasteiger partial charge in [0, 0.05) is 6.54 Å². The van der Waals surface area contributed by atoms with Crippen molar-refractivity contribution in [3.8, 4) is 11.5 Å². The molecule has 0 aliphatic carbocycles. The molecule has 2 rings (SSSR count). The van der Waals surface area contributed by atoms with Crippen LogP contribution in [-0.2, 0) is 6.54 Å². The van der Waals surface area contributed by atoms with Crippen LogP contribution in [0, 0.1) is 0 Å². The van der Waals surface area contributed by atoms with E-state index in [0.717, 1.165) is 16.3 Å². The topological polar surface area (TPSA) is 69.4 Å². The number of aromatic nitrogens is 1. The number of anilines is 2. The summed E-state index contributed by atoms with van der Waals surface area (Å²) in [5.74, 6) is 1.92. The average molecular weight is 279 g/mol. The summed E-state index contributed by atoms with van der Waals surface area (Å²) in [7, 11) is 1.65. The van der Waals surface area contributed by atoms with Crippen LogP contribution in [0.3, 0.4) is 0 Å². The summed E-state index contributed by atoms with van der Waals surface area (Å²) >= 11 is 1.31. The van der Waals surface area contributed by atoms with Crippen LogP contribution in [0.4, 0.5) is 10.8 Å². The predicted octanol–water partition coefficient (Wildman–Crippen LogP) is 2.74. The van der Waals surface area contributed by atoms with Crippen molar-refractivity contribution in [2.75, 3.05) is 24.8 Å². The molecule has 0 saturated carbocycles. The molecule has 0 amide bonds. The number of benzene rings is 1. The molecule has 1 aromatic heterocycles. The molecular formula is C13H17N3O2S. The maximum absolute atomic E-state index is 5.75. The van der Waals surface area contributed by atoms with Crippen molar-refractivity contribution in [3.63, 3.8) is 0 Å². The van der Waals surface area contributed by atoms with Gasteiger partial charge < -0.3 is 20.5 Å². The van der Waals surface area contributed by atoms with E-state index in [-0.39, 0.29) is 0 Å². The van der Waals surface area contributed by atoms with Gasteiger partial charge in [-0.3, -0.25) is 0 Å². The van der Waals surface area contributed by atoms with E-state index in [1.807, 2.05) is 31.2 Å². The maximum Gasteiger partial charge on any atom is 0.197 e. The minimum absolute atomic E-state index is 0.434. The number of nitrogens with two attached hydrogens (primary N) is 1. The van der Waals surface area contributed by atoms with Crippen LogP contribution in [0.1, 0.15) is 12.5 Å². The lowest BCUT2D eigenvalue weighted by Crippen LogP contribution is -2.01. The van der Waals surface area contributed by atoms with E-state index >= 15 is 0 Å². The highest BCUT2D eigenvalue weighted by Crippen LogP contribution is 2.35. The number of hydrogen-bond acceptors (Lipinski definition) is 6. The monoisotopic (exact) mass is 279 g/mol. The summed E-state index contributed by atoms with van der Waals surface area (Å²) < 4.78 is 14.7. The van der Waals surface area contributed by atoms with Gasteiger partial charge in [-0.1, -0.05) is 12.1 Å². The van der Waals surface area contributed by atoms with E-state index in [4.69, 9.17) is 15.2 Å². The Labute approximate surface area is 116 Å². The van der Waals surface area contributed by atoms with Crippen molar-refractivity contribution in [2.45, 2.75) is 13.5 Å². The SMILES string of the molecule is CCOc1c(N)nsc1NCc1ccc(OC)cc1. The van der Waals surface area contributed by atoms with E-state index < -0.39 is 0 Å². The molecule has 102 valence electrons. The summed E-state index contributed by atoms with van der Waals surface area (Å²) in [6, 6.07) is 7.89. The van der Waals surface area contributed by atoms with Crippen LogP contribution in [0.2, 0.25) is 0 Å². The first-order valence-corrected chi connectivity index (χ1v) is 6.76. The van der Waals surface area contributed by atoms with Crippen molar-refractivity contribution in [2.24, 2.45) is 0 Å². The van der Waals surface area contributed by atoms with Crippen LogP contribution < -0.4 is 20.5 Å². The Balaban J connectivity index is 2.01. The molecule has 0 fully saturated rings. The highest BCUT2D eigenvalue weighted by atomic mass is 32.1. The van der Waals surface area contributed by atoms with Gasteiger partial charge in [-0.15, -0.1) is 0 Å². The Bertz CT molecular complexity index is 525. The first-order chi connectivity index (χ1) is 9.24. The average Bonchev–Trinajstić information content (AvgIpc) is 2.79. The van der Waals surface area contributed by atoms with Gasteiger partial charge in [0.15, 0.2) is 16.6 Å². The van der Waals surface area contributed by atoms with Crippen molar-refractivity contribution in [3.05, 3.63) is 29.8 Å². The molecule has 6 heteroatoms. The van der Waals surface area contributed by atoms with Crippen molar-refractivity contribution in [1.82, 2.24) is 4.37 Å². The summed E-state index contributed by atoms with van der Waals surface area (Å²) in [6.45, 7) is 3.18. The van der Waals surface area contributed by atoms with Gasteiger partial charge in [0.1, 0.15) is 5.75 Å². The molecule has 1 aromatic carbocycles. The quantitative estimate of drug-likeness (QED) is 0.851. The number of nitrogens with one attached hydrogen (secondary N) is 1. The molecular weight excluding hydrogens is 262 g/mol. The Kier molecular flexibility index (Phi) is 4.46. The largest absolute Gasteiger partial charge is 0.497 e. The van der Waals surface area contributed by atoms with Crippen LogP contribution in [0.25, 0.3) is 0 Å². The zero-order chi connectivity index (χ0) is 13.7. The maximum atomic E-state index is 5.75. The van der Waals surface area contributed by atoms with Crippen molar-refractivity contribution in [1.29, 1.82) is 0 Å². The summed E-state index contributed by atoms with van der Waals surface area (Å²) in [5.41, 5.74) is 6.90. The summed E-state index contributed by atoms with van der Waals surface area (Å²) in [6.07, 6.45) is 0. The molecule has 19 heavy (non-hydrogen) atoms. The fraction of sp³-hybridized carbons (Fsp3) is 0.308. The molecule has 0 aliphatic heterocycles. The van der Waals surface area contributed by atoms with Gasteiger partial charge in [-0.05, 0) is 36.2 Å². The summed E-state index contributed by atoms with van der Waals surface area (Å²) in [4.78, 5) is 0. The van der Waals surface area contributed by atoms with Crippen molar-refractivity contribution >= 4 is 22.4 Å².